The normalized spacial score (nSPS) is 31.4. The van der Waals surface area contributed by atoms with E-state index in [1.165, 1.54) is 0 Å². The Balaban J connectivity index is 2.17. The molecule has 0 saturated heterocycles. The minimum atomic E-state index is -1.06. The Hall–Kier alpha value is -2.31. The van der Waals surface area contributed by atoms with Crippen molar-refractivity contribution in [2.45, 2.75) is 31.0 Å². The van der Waals surface area contributed by atoms with E-state index in [0.717, 1.165) is 11.1 Å². The molecule has 0 radical (unpaired) electrons. The van der Waals surface area contributed by atoms with Gasteiger partial charge in [0.05, 0.1) is 33.4 Å². The summed E-state index contributed by atoms with van der Waals surface area (Å²) in [6.45, 7) is 5.74. The van der Waals surface area contributed by atoms with E-state index < -0.39 is 17.6 Å². The fourth-order valence-corrected chi connectivity index (χ4v) is 4.84. The van der Waals surface area contributed by atoms with E-state index in [1.807, 2.05) is 19.1 Å². The van der Waals surface area contributed by atoms with E-state index in [9.17, 15) is 9.90 Å². The van der Waals surface area contributed by atoms with Crippen LogP contribution in [-0.4, -0.2) is 51.0 Å². The molecule has 1 aromatic carbocycles. The lowest BCUT2D eigenvalue weighted by Crippen LogP contribution is -2.46. The van der Waals surface area contributed by atoms with Crippen molar-refractivity contribution in [3.8, 4) is 17.2 Å². The molecule has 2 aliphatic rings. The minimum absolute atomic E-state index is 0.0958. The van der Waals surface area contributed by atoms with Crippen molar-refractivity contribution in [3.63, 3.8) is 0 Å². The molecule has 3 rings (SSSR count). The largest absolute Gasteiger partial charge is 0.493 e. The summed E-state index contributed by atoms with van der Waals surface area (Å²) in [7, 11) is 6.20. The number of hydrogen-bond donors (Lipinski definition) is 1. The Labute approximate surface area is 165 Å². The van der Waals surface area contributed by atoms with E-state index in [-0.39, 0.29) is 17.6 Å². The summed E-state index contributed by atoms with van der Waals surface area (Å²) >= 11 is 0. The third-order valence-electron chi connectivity index (χ3n) is 6.20. The number of ether oxygens (including phenoxy) is 4. The van der Waals surface area contributed by atoms with Crippen LogP contribution >= 0.6 is 0 Å². The average Bonchev–Trinajstić information content (AvgIpc) is 2.86. The predicted molar refractivity (Wildman–Crippen MR) is 105 cm³/mol. The maximum atomic E-state index is 13.3. The zero-order valence-corrected chi connectivity index (χ0v) is 17.0. The van der Waals surface area contributed by atoms with Gasteiger partial charge >= 0.3 is 0 Å². The van der Waals surface area contributed by atoms with Gasteiger partial charge in [-0.05, 0) is 35.8 Å². The first-order chi connectivity index (χ1) is 13.4. The fraction of sp³-hybridized carbons (Fsp3) is 0.500. The van der Waals surface area contributed by atoms with Gasteiger partial charge in [-0.3, -0.25) is 4.79 Å². The van der Waals surface area contributed by atoms with E-state index in [4.69, 9.17) is 18.9 Å². The molecule has 0 amide bonds. The fourth-order valence-electron chi connectivity index (χ4n) is 4.84. The molecule has 1 N–H and O–H groups in total. The lowest BCUT2D eigenvalue weighted by molar-refractivity contribution is -0.140. The number of Topliss-reactive ketones (excluding diaryl/α,β-unsaturated/α-hetero) is 1. The van der Waals surface area contributed by atoms with Gasteiger partial charge in [-0.1, -0.05) is 13.0 Å². The van der Waals surface area contributed by atoms with Crippen molar-refractivity contribution >= 4 is 5.78 Å². The van der Waals surface area contributed by atoms with Crippen LogP contribution in [0.2, 0.25) is 0 Å². The number of rotatable bonds is 7. The topological polar surface area (TPSA) is 74.2 Å². The summed E-state index contributed by atoms with van der Waals surface area (Å²) in [4.78, 5) is 13.3. The molecule has 1 fully saturated rings. The molecule has 28 heavy (non-hydrogen) atoms. The first kappa shape index (κ1) is 20.4. The molecule has 1 aromatic rings. The van der Waals surface area contributed by atoms with Crippen LogP contribution in [0, 0.1) is 11.8 Å². The molecule has 152 valence electrons. The molecule has 6 heteroatoms. The number of methoxy groups -OCH3 is 4. The van der Waals surface area contributed by atoms with Crippen LogP contribution < -0.4 is 14.2 Å². The molecule has 5 unspecified atom stereocenters. The van der Waals surface area contributed by atoms with Crippen LogP contribution in [0.25, 0.3) is 0 Å². The molecule has 6 nitrogen and oxygen atoms in total. The quantitative estimate of drug-likeness (QED) is 0.724. The van der Waals surface area contributed by atoms with Crippen LogP contribution in [0.1, 0.15) is 24.8 Å². The summed E-state index contributed by atoms with van der Waals surface area (Å²) < 4.78 is 22.1. The highest BCUT2D eigenvalue weighted by Crippen LogP contribution is 2.56. The summed E-state index contributed by atoms with van der Waals surface area (Å²) in [5.74, 6) is 0.348. The second-order valence-electron chi connectivity index (χ2n) is 7.32. The van der Waals surface area contributed by atoms with E-state index in [0.29, 0.717) is 23.7 Å². The lowest BCUT2D eigenvalue weighted by atomic mass is 9.78. The number of hydrogen-bond acceptors (Lipinski definition) is 6. The molecular weight excluding hydrogens is 360 g/mol. The van der Waals surface area contributed by atoms with Gasteiger partial charge < -0.3 is 24.1 Å². The van der Waals surface area contributed by atoms with Crippen molar-refractivity contribution in [3.05, 3.63) is 42.0 Å². The van der Waals surface area contributed by atoms with E-state index in [1.54, 1.807) is 40.6 Å². The van der Waals surface area contributed by atoms with Crippen molar-refractivity contribution in [2.24, 2.45) is 11.8 Å². The summed E-state index contributed by atoms with van der Waals surface area (Å²) in [6.07, 6.45) is 3.14. The minimum Gasteiger partial charge on any atom is -0.493 e. The third kappa shape index (κ3) is 2.74. The maximum absolute atomic E-state index is 13.3. The van der Waals surface area contributed by atoms with Crippen LogP contribution in [0.5, 0.6) is 17.2 Å². The highest BCUT2D eigenvalue weighted by molar-refractivity contribution is 5.98. The molecule has 0 aromatic heterocycles. The van der Waals surface area contributed by atoms with Gasteiger partial charge in [-0.25, -0.2) is 0 Å². The monoisotopic (exact) mass is 388 g/mol. The van der Waals surface area contributed by atoms with Gasteiger partial charge in [-0.2, -0.15) is 0 Å². The summed E-state index contributed by atoms with van der Waals surface area (Å²) in [6, 6.07) is 3.69. The second-order valence-corrected chi connectivity index (χ2v) is 7.32. The van der Waals surface area contributed by atoms with Gasteiger partial charge in [0.25, 0.3) is 0 Å². The van der Waals surface area contributed by atoms with Crippen molar-refractivity contribution in [1.82, 2.24) is 0 Å². The van der Waals surface area contributed by atoms with Crippen molar-refractivity contribution < 1.29 is 28.8 Å². The van der Waals surface area contributed by atoms with E-state index >= 15 is 0 Å². The van der Waals surface area contributed by atoms with Gasteiger partial charge in [-0.15, -0.1) is 6.58 Å². The molecule has 2 aliphatic carbocycles. The Bertz CT molecular complexity index is 788. The Morgan fingerprint density at radius 2 is 1.71 bits per heavy atom. The standard InChI is InChI=1S/C22H28O6/c1-7-8-13-11-22(28-6)12(2)17(18(19(13)23)21(22)24)14-9-15(25-3)20(27-5)16(10-14)26-4/h7,9-12,17-19,23H,1,8H2,2-6H3. The highest BCUT2D eigenvalue weighted by atomic mass is 16.5. The lowest BCUT2D eigenvalue weighted by Gasteiger charge is -2.33. The van der Waals surface area contributed by atoms with Gasteiger partial charge in [0.15, 0.2) is 17.3 Å². The molecule has 0 aliphatic heterocycles. The Morgan fingerprint density at radius 3 is 2.18 bits per heavy atom. The molecule has 5 atom stereocenters. The number of allylic oxidation sites excluding steroid dienone is 1. The number of aliphatic hydroxyl groups excluding tert-OH is 1. The van der Waals surface area contributed by atoms with Gasteiger partial charge in [0, 0.05) is 18.9 Å². The average molecular weight is 388 g/mol. The van der Waals surface area contributed by atoms with Crippen molar-refractivity contribution in [2.75, 3.05) is 28.4 Å². The van der Waals surface area contributed by atoms with Gasteiger partial charge in [0.2, 0.25) is 5.75 Å². The molecule has 0 spiro atoms. The van der Waals surface area contributed by atoms with E-state index in [2.05, 4.69) is 6.58 Å². The summed E-state index contributed by atoms with van der Waals surface area (Å²) in [5.41, 5.74) is 0.544. The number of fused-ring (bicyclic) bond motifs is 2. The zero-order chi connectivity index (χ0) is 20.6. The number of ketones is 1. The SMILES string of the molecule is C=CCC1=CC2(OC)C(=O)C(C1O)C(c1cc(OC)c(OC)c(OC)c1)C2C. The molecule has 2 bridgehead atoms. The van der Waals surface area contributed by atoms with Gasteiger partial charge in [0.1, 0.15) is 5.60 Å². The van der Waals surface area contributed by atoms with Crippen molar-refractivity contribution in [1.29, 1.82) is 0 Å². The Kier molecular flexibility index (Phi) is 5.55. The third-order valence-corrected chi connectivity index (χ3v) is 6.20. The highest BCUT2D eigenvalue weighted by Gasteiger charge is 2.63. The van der Waals surface area contributed by atoms with Crippen LogP contribution in [-0.2, 0) is 9.53 Å². The molecular formula is C22H28O6. The summed E-state index contributed by atoms with van der Waals surface area (Å²) in [5, 5.41) is 11.0. The first-order valence-corrected chi connectivity index (χ1v) is 9.30. The second kappa shape index (κ2) is 7.60. The van der Waals surface area contributed by atoms with Crippen LogP contribution in [0.4, 0.5) is 0 Å². The number of carbonyl (C=O) groups excluding carboxylic acids is 1. The van der Waals surface area contributed by atoms with Crippen LogP contribution in [0.15, 0.2) is 36.4 Å². The number of benzene rings is 1. The first-order valence-electron chi connectivity index (χ1n) is 9.30. The van der Waals surface area contributed by atoms with Crippen LogP contribution in [0.3, 0.4) is 0 Å². The zero-order valence-electron chi connectivity index (χ0n) is 17.0. The smallest absolute Gasteiger partial charge is 0.203 e. The number of aliphatic hydroxyl groups is 1. The maximum Gasteiger partial charge on any atom is 0.203 e. The Morgan fingerprint density at radius 1 is 1.11 bits per heavy atom. The molecule has 0 heterocycles. The molecule has 1 saturated carbocycles. The number of carbonyl (C=O) groups is 1. The predicted octanol–water partition coefficient (Wildman–Crippen LogP) is 2.89.